The van der Waals surface area contributed by atoms with Crippen LogP contribution in [-0.4, -0.2) is 46.4 Å². The Labute approximate surface area is 169 Å². The summed E-state index contributed by atoms with van der Waals surface area (Å²) in [5.41, 5.74) is 7.47. The van der Waals surface area contributed by atoms with Crippen molar-refractivity contribution < 1.29 is 19.5 Å². The van der Waals surface area contributed by atoms with Gasteiger partial charge < -0.3 is 21.1 Å². The molecule has 0 aromatic heterocycles. The molecule has 0 saturated carbocycles. The van der Waals surface area contributed by atoms with E-state index in [1.165, 1.54) is 12.1 Å². The number of nitrogens with two attached hydrogens (primary N) is 1. The van der Waals surface area contributed by atoms with Gasteiger partial charge in [-0.15, -0.1) is 0 Å². The average Bonchev–Trinajstić information content (AvgIpc) is 3.19. The molecule has 0 radical (unpaired) electrons. The number of nitrogens with zero attached hydrogens (tertiary/aromatic N) is 1. The highest BCUT2D eigenvalue weighted by Gasteiger charge is 2.34. The molecule has 0 aliphatic carbocycles. The molecule has 0 spiro atoms. The molecule has 7 heteroatoms. The molecule has 1 aliphatic rings. The summed E-state index contributed by atoms with van der Waals surface area (Å²) in [6, 6.07) is 15.0. The molecule has 7 nitrogen and oxygen atoms in total. The minimum Gasteiger partial charge on any atom is -0.478 e. The van der Waals surface area contributed by atoms with E-state index in [1.54, 1.807) is 17.0 Å². The predicted octanol–water partition coefficient (Wildman–Crippen LogP) is 2.27. The molecule has 1 saturated heterocycles. The van der Waals surface area contributed by atoms with Crippen LogP contribution < -0.4 is 11.1 Å². The summed E-state index contributed by atoms with van der Waals surface area (Å²) >= 11 is 0. The van der Waals surface area contributed by atoms with Gasteiger partial charge in [0.25, 0.3) is 0 Å². The molecule has 2 amide bonds. The second-order valence-electron chi connectivity index (χ2n) is 7.24. The standard InChI is InChI=1S/C22H25N3O4/c23-16(13-15-7-2-1-3-8-15)14-20(26)25-12-6-11-19(25)21(27)24-18-10-5-4-9-17(18)22(28)29/h1-5,7-10,16,19H,6,11-14,23H2,(H,24,27)(H,28,29)/t16-,19+/m1/s1. The maximum Gasteiger partial charge on any atom is 0.337 e. The van der Waals surface area contributed by atoms with Gasteiger partial charge in [0.1, 0.15) is 6.04 Å². The highest BCUT2D eigenvalue weighted by molar-refractivity contribution is 6.03. The Morgan fingerprint density at radius 2 is 1.79 bits per heavy atom. The Kier molecular flexibility index (Phi) is 6.61. The van der Waals surface area contributed by atoms with Gasteiger partial charge in [-0.05, 0) is 37.0 Å². The summed E-state index contributed by atoms with van der Waals surface area (Å²) in [5, 5.41) is 11.9. The Morgan fingerprint density at radius 1 is 1.10 bits per heavy atom. The molecular formula is C22H25N3O4. The van der Waals surface area contributed by atoms with Gasteiger partial charge in [0.05, 0.1) is 11.3 Å². The number of nitrogens with one attached hydrogen (secondary N) is 1. The van der Waals surface area contributed by atoms with Crippen LogP contribution in [0.15, 0.2) is 54.6 Å². The maximum absolute atomic E-state index is 12.8. The Balaban J connectivity index is 1.62. The summed E-state index contributed by atoms with van der Waals surface area (Å²) in [7, 11) is 0. The number of carbonyl (C=O) groups is 3. The molecule has 1 aliphatic heterocycles. The topological polar surface area (TPSA) is 113 Å². The second-order valence-corrected chi connectivity index (χ2v) is 7.24. The average molecular weight is 395 g/mol. The molecule has 2 atom stereocenters. The first-order chi connectivity index (χ1) is 14.0. The van der Waals surface area contributed by atoms with Gasteiger partial charge in [0.15, 0.2) is 0 Å². The smallest absolute Gasteiger partial charge is 0.337 e. The highest BCUT2D eigenvalue weighted by atomic mass is 16.4. The SMILES string of the molecule is N[C@@H](CC(=O)N1CCC[C@H]1C(=O)Nc1ccccc1C(=O)O)Cc1ccccc1. The van der Waals surface area contributed by atoms with Crippen molar-refractivity contribution in [3.8, 4) is 0 Å². The van der Waals surface area contributed by atoms with Crippen molar-refractivity contribution in [2.24, 2.45) is 5.73 Å². The second kappa shape index (κ2) is 9.34. The Hall–Kier alpha value is -3.19. The number of para-hydroxylation sites is 1. The van der Waals surface area contributed by atoms with Gasteiger partial charge in [0.2, 0.25) is 11.8 Å². The number of likely N-dealkylation sites (tertiary alicyclic amines) is 1. The molecule has 3 rings (SSSR count). The van der Waals surface area contributed by atoms with Crippen LogP contribution in [0.5, 0.6) is 0 Å². The largest absolute Gasteiger partial charge is 0.478 e. The minimum atomic E-state index is -1.12. The van der Waals surface area contributed by atoms with E-state index in [4.69, 9.17) is 5.73 Å². The number of amides is 2. The third kappa shape index (κ3) is 5.20. The summed E-state index contributed by atoms with van der Waals surface area (Å²) in [6.07, 6.45) is 2.01. The van der Waals surface area contributed by atoms with Gasteiger partial charge in [-0.3, -0.25) is 9.59 Å². The van der Waals surface area contributed by atoms with Crippen LogP contribution in [0.4, 0.5) is 5.69 Å². The molecule has 4 N–H and O–H groups in total. The van der Waals surface area contributed by atoms with E-state index >= 15 is 0 Å². The predicted molar refractivity (Wildman–Crippen MR) is 110 cm³/mol. The van der Waals surface area contributed by atoms with Crippen LogP contribution in [0, 0.1) is 0 Å². The van der Waals surface area contributed by atoms with Crippen LogP contribution in [0.25, 0.3) is 0 Å². The third-order valence-corrected chi connectivity index (χ3v) is 5.07. The van der Waals surface area contributed by atoms with Crippen molar-refractivity contribution in [3.05, 3.63) is 65.7 Å². The summed E-state index contributed by atoms with van der Waals surface area (Å²) in [4.78, 5) is 38.4. The van der Waals surface area contributed by atoms with Gasteiger partial charge in [-0.2, -0.15) is 0 Å². The number of benzene rings is 2. The quantitative estimate of drug-likeness (QED) is 0.666. The summed E-state index contributed by atoms with van der Waals surface area (Å²) in [5.74, 6) is -1.65. The van der Waals surface area contributed by atoms with Crippen molar-refractivity contribution >= 4 is 23.5 Å². The lowest BCUT2D eigenvalue weighted by Gasteiger charge is -2.25. The number of carboxylic acids is 1. The van der Waals surface area contributed by atoms with E-state index in [-0.39, 0.29) is 35.5 Å². The highest BCUT2D eigenvalue weighted by Crippen LogP contribution is 2.22. The molecule has 1 fully saturated rings. The lowest BCUT2D eigenvalue weighted by atomic mass is 10.0. The van der Waals surface area contributed by atoms with Crippen molar-refractivity contribution in [2.75, 3.05) is 11.9 Å². The van der Waals surface area contributed by atoms with E-state index < -0.39 is 12.0 Å². The van der Waals surface area contributed by atoms with E-state index in [0.29, 0.717) is 19.4 Å². The molecular weight excluding hydrogens is 370 g/mol. The first-order valence-corrected chi connectivity index (χ1v) is 9.68. The number of carbonyl (C=O) groups excluding carboxylic acids is 2. The van der Waals surface area contributed by atoms with E-state index in [9.17, 15) is 19.5 Å². The Bertz CT molecular complexity index is 885. The van der Waals surface area contributed by atoms with Crippen LogP contribution in [0.1, 0.15) is 35.2 Å². The number of anilines is 1. The normalized spacial score (nSPS) is 17.0. The fourth-order valence-corrected chi connectivity index (χ4v) is 3.66. The minimum absolute atomic E-state index is 0.0154. The first kappa shape index (κ1) is 20.5. The molecule has 0 unspecified atom stereocenters. The van der Waals surface area contributed by atoms with Gasteiger partial charge in [0, 0.05) is 19.0 Å². The van der Waals surface area contributed by atoms with Gasteiger partial charge in [-0.1, -0.05) is 42.5 Å². The van der Waals surface area contributed by atoms with Crippen LogP contribution >= 0.6 is 0 Å². The van der Waals surface area contributed by atoms with E-state index in [2.05, 4.69) is 5.32 Å². The monoisotopic (exact) mass is 395 g/mol. The lowest BCUT2D eigenvalue weighted by Crippen LogP contribution is -2.45. The third-order valence-electron chi connectivity index (χ3n) is 5.07. The zero-order valence-electron chi connectivity index (χ0n) is 16.1. The molecule has 152 valence electrons. The zero-order valence-corrected chi connectivity index (χ0v) is 16.1. The molecule has 2 aromatic rings. The number of hydrogen-bond acceptors (Lipinski definition) is 4. The van der Waals surface area contributed by atoms with Crippen LogP contribution in [0.3, 0.4) is 0 Å². The number of hydrogen-bond donors (Lipinski definition) is 3. The van der Waals surface area contributed by atoms with Gasteiger partial charge in [-0.25, -0.2) is 4.79 Å². The van der Waals surface area contributed by atoms with Crippen molar-refractivity contribution in [2.45, 2.75) is 37.8 Å². The van der Waals surface area contributed by atoms with Crippen molar-refractivity contribution in [3.63, 3.8) is 0 Å². The number of aromatic carboxylic acids is 1. The van der Waals surface area contributed by atoms with Crippen molar-refractivity contribution in [1.82, 2.24) is 4.90 Å². The van der Waals surface area contributed by atoms with Crippen molar-refractivity contribution in [1.29, 1.82) is 0 Å². The first-order valence-electron chi connectivity index (χ1n) is 9.68. The van der Waals surface area contributed by atoms with Gasteiger partial charge >= 0.3 is 5.97 Å². The molecule has 2 aromatic carbocycles. The summed E-state index contributed by atoms with van der Waals surface area (Å²) < 4.78 is 0. The van der Waals surface area contributed by atoms with Crippen LogP contribution in [-0.2, 0) is 16.0 Å². The van der Waals surface area contributed by atoms with E-state index in [1.807, 2.05) is 30.3 Å². The maximum atomic E-state index is 12.8. The van der Waals surface area contributed by atoms with Crippen LogP contribution in [0.2, 0.25) is 0 Å². The fourth-order valence-electron chi connectivity index (χ4n) is 3.66. The zero-order chi connectivity index (χ0) is 20.8. The van der Waals surface area contributed by atoms with E-state index in [0.717, 1.165) is 12.0 Å². The molecule has 1 heterocycles. The fraction of sp³-hybridized carbons (Fsp3) is 0.318. The molecule has 0 bridgehead atoms. The number of carboxylic acid groups (broad SMARTS) is 1. The number of rotatable bonds is 7. The molecule has 29 heavy (non-hydrogen) atoms. The summed E-state index contributed by atoms with van der Waals surface area (Å²) in [6.45, 7) is 0.496. The Morgan fingerprint density at radius 3 is 2.52 bits per heavy atom. The lowest BCUT2D eigenvalue weighted by molar-refractivity contribution is -0.136.